The van der Waals surface area contributed by atoms with Gasteiger partial charge < -0.3 is 18.3 Å². The lowest BCUT2D eigenvalue weighted by Gasteiger charge is -2.03. The third-order valence-electron chi connectivity index (χ3n) is 3.39. The van der Waals surface area contributed by atoms with Crippen molar-refractivity contribution in [2.75, 3.05) is 0 Å². The molecule has 0 spiro atoms. The summed E-state index contributed by atoms with van der Waals surface area (Å²) in [5.74, 6) is 0.432. The summed E-state index contributed by atoms with van der Waals surface area (Å²) in [6.07, 6.45) is 4.40. The Labute approximate surface area is 135 Å². The lowest BCUT2D eigenvalue weighted by atomic mass is 10.1. The predicted molar refractivity (Wildman–Crippen MR) is 81.8 cm³/mol. The number of Topliss-reactive ketones (excluding diaryl/α,β-unsaturated/α-hetero) is 1. The fourth-order valence-electron chi connectivity index (χ4n) is 2.29. The summed E-state index contributed by atoms with van der Waals surface area (Å²) in [5.41, 5.74) is 0.394. The van der Waals surface area contributed by atoms with Gasteiger partial charge in [0, 0.05) is 12.1 Å². The first kappa shape index (κ1) is 14.1. The summed E-state index contributed by atoms with van der Waals surface area (Å²) < 4.78 is 20.9. The Morgan fingerprint density at radius 3 is 2.62 bits per heavy atom. The molecule has 118 valence electrons. The molecule has 1 aromatic carbocycles. The van der Waals surface area contributed by atoms with Crippen LogP contribution in [0.1, 0.15) is 26.7 Å². The van der Waals surface area contributed by atoms with E-state index in [9.17, 15) is 9.59 Å². The van der Waals surface area contributed by atoms with Crippen molar-refractivity contribution >= 4 is 17.8 Å². The highest BCUT2D eigenvalue weighted by Crippen LogP contribution is 2.35. The van der Waals surface area contributed by atoms with E-state index >= 15 is 0 Å². The van der Waals surface area contributed by atoms with Crippen molar-refractivity contribution in [3.63, 3.8) is 0 Å². The molecule has 0 unspecified atom stereocenters. The summed E-state index contributed by atoms with van der Waals surface area (Å²) in [6.45, 7) is 0. The molecule has 4 rings (SSSR count). The second-order valence-electron chi connectivity index (χ2n) is 4.98. The second-order valence-corrected chi connectivity index (χ2v) is 4.98. The number of benzene rings is 1. The van der Waals surface area contributed by atoms with E-state index < -0.39 is 5.97 Å². The zero-order valence-electron chi connectivity index (χ0n) is 12.2. The number of carbonyl (C=O) groups excluding carboxylic acids is 2. The molecule has 3 aromatic rings. The Bertz CT molecular complexity index is 932. The summed E-state index contributed by atoms with van der Waals surface area (Å²) in [6, 6.07) is 11.1. The molecule has 0 fully saturated rings. The van der Waals surface area contributed by atoms with E-state index in [-0.39, 0.29) is 23.1 Å². The molecule has 0 bridgehead atoms. The maximum atomic E-state index is 12.3. The summed E-state index contributed by atoms with van der Waals surface area (Å²) in [7, 11) is 0. The van der Waals surface area contributed by atoms with Gasteiger partial charge >= 0.3 is 5.97 Å². The van der Waals surface area contributed by atoms with Gasteiger partial charge in [-0.15, -0.1) is 0 Å². The van der Waals surface area contributed by atoms with E-state index in [0.29, 0.717) is 17.1 Å². The number of ketones is 1. The van der Waals surface area contributed by atoms with Crippen LogP contribution in [-0.2, 0) is 0 Å². The van der Waals surface area contributed by atoms with E-state index in [4.69, 9.17) is 18.3 Å². The van der Waals surface area contributed by atoms with E-state index in [1.807, 2.05) is 0 Å². The Kier molecular flexibility index (Phi) is 3.28. The minimum Gasteiger partial charge on any atom is -0.465 e. The van der Waals surface area contributed by atoms with Crippen LogP contribution in [0.2, 0.25) is 0 Å². The molecule has 6 heteroatoms. The van der Waals surface area contributed by atoms with Crippen molar-refractivity contribution in [3.8, 4) is 11.5 Å². The van der Waals surface area contributed by atoms with E-state index in [1.54, 1.807) is 24.3 Å². The van der Waals surface area contributed by atoms with Crippen molar-refractivity contribution in [1.82, 2.24) is 0 Å². The first-order chi connectivity index (χ1) is 11.7. The molecule has 0 saturated heterocycles. The molecule has 1 aliphatic heterocycles. The normalized spacial score (nSPS) is 14.5. The average molecular weight is 322 g/mol. The van der Waals surface area contributed by atoms with Gasteiger partial charge in [0.1, 0.15) is 17.3 Å². The fraction of sp³-hybridized carbons (Fsp3) is 0. The first-order valence-corrected chi connectivity index (χ1v) is 7.08. The molecule has 0 aliphatic carbocycles. The van der Waals surface area contributed by atoms with Gasteiger partial charge in [-0.25, -0.2) is 4.79 Å². The van der Waals surface area contributed by atoms with Crippen molar-refractivity contribution in [1.29, 1.82) is 0 Å². The third kappa shape index (κ3) is 2.50. The molecule has 0 amide bonds. The SMILES string of the molecule is O=C(Oc1ccc2c(c1)OC(=Cc1ccco1)C2=O)c1ccco1. The predicted octanol–water partition coefficient (Wildman–Crippen LogP) is 3.71. The molecule has 0 radical (unpaired) electrons. The van der Waals surface area contributed by atoms with Crippen molar-refractivity contribution in [3.05, 3.63) is 77.8 Å². The van der Waals surface area contributed by atoms with Crippen LogP contribution in [-0.4, -0.2) is 11.8 Å². The second kappa shape index (κ2) is 5.58. The average Bonchev–Trinajstić information content (AvgIpc) is 3.31. The highest BCUT2D eigenvalue weighted by Gasteiger charge is 2.28. The van der Waals surface area contributed by atoms with Crippen molar-refractivity contribution in [2.24, 2.45) is 0 Å². The highest BCUT2D eigenvalue weighted by atomic mass is 16.5. The number of allylic oxidation sites excluding steroid dienone is 1. The summed E-state index contributed by atoms with van der Waals surface area (Å²) in [4.78, 5) is 24.2. The van der Waals surface area contributed by atoms with Gasteiger partial charge in [0.2, 0.25) is 11.5 Å². The largest absolute Gasteiger partial charge is 0.465 e. The zero-order valence-corrected chi connectivity index (χ0v) is 12.2. The third-order valence-corrected chi connectivity index (χ3v) is 3.39. The van der Waals surface area contributed by atoms with Gasteiger partial charge in [-0.05, 0) is 36.4 Å². The van der Waals surface area contributed by atoms with Crippen LogP contribution in [0, 0.1) is 0 Å². The molecule has 0 atom stereocenters. The molecule has 6 nitrogen and oxygen atoms in total. The van der Waals surface area contributed by atoms with Crippen LogP contribution < -0.4 is 9.47 Å². The maximum Gasteiger partial charge on any atom is 0.379 e. The van der Waals surface area contributed by atoms with Gasteiger partial charge in [-0.1, -0.05) is 0 Å². The number of ether oxygens (including phenoxy) is 2. The van der Waals surface area contributed by atoms with Crippen molar-refractivity contribution < 1.29 is 27.9 Å². The lowest BCUT2D eigenvalue weighted by molar-refractivity contribution is 0.0701. The Morgan fingerprint density at radius 2 is 1.88 bits per heavy atom. The number of carbonyl (C=O) groups is 2. The van der Waals surface area contributed by atoms with Crippen LogP contribution in [0.5, 0.6) is 11.5 Å². The fourth-order valence-corrected chi connectivity index (χ4v) is 2.29. The van der Waals surface area contributed by atoms with Crippen LogP contribution in [0.25, 0.3) is 6.08 Å². The molecule has 3 heterocycles. The standard InChI is InChI=1S/C18H10O6/c19-17-13-6-5-12(23-18(20)14-4-2-8-22-14)10-15(13)24-16(17)9-11-3-1-7-21-11/h1-10H. The van der Waals surface area contributed by atoms with Gasteiger partial charge in [0.05, 0.1) is 18.1 Å². The Morgan fingerprint density at radius 1 is 1.04 bits per heavy atom. The lowest BCUT2D eigenvalue weighted by Crippen LogP contribution is -2.07. The molecule has 0 N–H and O–H groups in total. The number of esters is 1. The van der Waals surface area contributed by atoms with Gasteiger partial charge in [0.15, 0.2) is 5.76 Å². The highest BCUT2D eigenvalue weighted by molar-refractivity contribution is 6.14. The van der Waals surface area contributed by atoms with E-state index in [0.717, 1.165) is 0 Å². The van der Waals surface area contributed by atoms with Gasteiger partial charge in [-0.3, -0.25) is 4.79 Å². The smallest absolute Gasteiger partial charge is 0.379 e. The molecule has 24 heavy (non-hydrogen) atoms. The number of furan rings is 2. The summed E-state index contributed by atoms with van der Waals surface area (Å²) in [5, 5.41) is 0. The number of hydrogen-bond acceptors (Lipinski definition) is 6. The Hall–Kier alpha value is -3.54. The number of rotatable bonds is 3. The first-order valence-electron chi connectivity index (χ1n) is 7.08. The molecule has 2 aromatic heterocycles. The molecular weight excluding hydrogens is 312 g/mol. The van der Waals surface area contributed by atoms with Gasteiger partial charge in [0.25, 0.3) is 0 Å². The van der Waals surface area contributed by atoms with Gasteiger partial charge in [-0.2, -0.15) is 0 Å². The van der Waals surface area contributed by atoms with E-state index in [2.05, 4.69) is 0 Å². The quantitative estimate of drug-likeness (QED) is 0.415. The maximum absolute atomic E-state index is 12.3. The molecule has 1 aliphatic rings. The molecule has 0 saturated carbocycles. The minimum absolute atomic E-state index is 0.0888. The van der Waals surface area contributed by atoms with Crippen LogP contribution in [0.4, 0.5) is 0 Å². The van der Waals surface area contributed by atoms with Crippen LogP contribution >= 0.6 is 0 Å². The topological polar surface area (TPSA) is 78.9 Å². The number of hydrogen-bond donors (Lipinski definition) is 0. The van der Waals surface area contributed by atoms with E-state index in [1.165, 1.54) is 36.8 Å². The van der Waals surface area contributed by atoms with Crippen LogP contribution in [0.3, 0.4) is 0 Å². The Balaban J connectivity index is 1.58. The minimum atomic E-state index is -0.629. The summed E-state index contributed by atoms with van der Waals surface area (Å²) >= 11 is 0. The zero-order chi connectivity index (χ0) is 16.5. The van der Waals surface area contributed by atoms with Crippen LogP contribution in [0.15, 0.2) is 69.6 Å². The molecular formula is C18H10O6. The monoisotopic (exact) mass is 322 g/mol. The van der Waals surface area contributed by atoms with Crippen molar-refractivity contribution in [2.45, 2.75) is 0 Å². The number of fused-ring (bicyclic) bond motifs is 1.